The molecule has 2 aromatic rings. The standard InChI is InChI=1S/C20H21FN2O2S2/c21-16-8-6-14(7-9-16)19(25)22-10-2-5-18(24)23-17-4-1-3-15(13-17)20-26-11-12-27-20/h1,3-4,6-9,13,20H,2,5,10-12H2,(H,22,25)(H,23,24). The van der Waals surface area contributed by atoms with Gasteiger partial charge in [0, 0.05) is 35.7 Å². The maximum atomic E-state index is 12.9. The normalized spacial score (nSPS) is 14.1. The van der Waals surface area contributed by atoms with Gasteiger partial charge in [-0.15, -0.1) is 23.5 Å². The van der Waals surface area contributed by atoms with Crippen molar-refractivity contribution in [3.05, 3.63) is 65.5 Å². The smallest absolute Gasteiger partial charge is 0.251 e. The molecule has 142 valence electrons. The first-order valence-corrected chi connectivity index (χ1v) is 10.9. The highest BCUT2D eigenvalue weighted by atomic mass is 32.2. The molecular formula is C20H21FN2O2S2. The minimum atomic E-state index is -0.377. The second-order valence-electron chi connectivity index (χ2n) is 6.11. The summed E-state index contributed by atoms with van der Waals surface area (Å²) in [5.41, 5.74) is 2.44. The van der Waals surface area contributed by atoms with Gasteiger partial charge in [-0.1, -0.05) is 12.1 Å². The molecule has 1 saturated heterocycles. The number of amides is 2. The van der Waals surface area contributed by atoms with Crippen LogP contribution in [0.15, 0.2) is 48.5 Å². The minimum absolute atomic E-state index is 0.0742. The average Bonchev–Trinajstić information content (AvgIpc) is 3.21. The first kappa shape index (κ1) is 19.8. The molecule has 0 bridgehead atoms. The number of rotatable bonds is 7. The van der Waals surface area contributed by atoms with Crippen LogP contribution in [0.2, 0.25) is 0 Å². The van der Waals surface area contributed by atoms with Crippen LogP contribution in [0.1, 0.15) is 33.3 Å². The molecule has 0 aromatic heterocycles. The van der Waals surface area contributed by atoms with Crippen LogP contribution in [0.25, 0.3) is 0 Å². The zero-order valence-electron chi connectivity index (χ0n) is 14.7. The summed E-state index contributed by atoms with van der Waals surface area (Å²) in [6.07, 6.45) is 0.855. The van der Waals surface area contributed by atoms with E-state index in [4.69, 9.17) is 0 Å². The summed E-state index contributed by atoms with van der Waals surface area (Å²) in [4.78, 5) is 24.0. The lowest BCUT2D eigenvalue weighted by molar-refractivity contribution is -0.116. The fourth-order valence-electron chi connectivity index (χ4n) is 2.69. The van der Waals surface area contributed by atoms with Gasteiger partial charge in [-0.2, -0.15) is 0 Å². The second kappa shape index (κ2) is 9.80. The molecule has 2 aromatic carbocycles. The Morgan fingerprint density at radius 1 is 1.07 bits per heavy atom. The number of nitrogens with one attached hydrogen (secondary N) is 2. The molecule has 1 heterocycles. The number of halogens is 1. The molecule has 7 heteroatoms. The van der Waals surface area contributed by atoms with Crippen LogP contribution in [0, 0.1) is 5.82 Å². The van der Waals surface area contributed by atoms with E-state index in [1.807, 2.05) is 41.7 Å². The molecule has 1 fully saturated rings. The van der Waals surface area contributed by atoms with E-state index in [9.17, 15) is 14.0 Å². The molecule has 2 N–H and O–H groups in total. The van der Waals surface area contributed by atoms with Crippen LogP contribution in [0.5, 0.6) is 0 Å². The number of carbonyl (C=O) groups is 2. The number of anilines is 1. The van der Waals surface area contributed by atoms with E-state index >= 15 is 0 Å². The van der Waals surface area contributed by atoms with E-state index in [0.29, 0.717) is 29.5 Å². The van der Waals surface area contributed by atoms with Crippen molar-refractivity contribution < 1.29 is 14.0 Å². The Morgan fingerprint density at radius 2 is 1.81 bits per heavy atom. The van der Waals surface area contributed by atoms with Gasteiger partial charge in [0.25, 0.3) is 5.91 Å². The van der Waals surface area contributed by atoms with Gasteiger partial charge in [-0.25, -0.2) is 4.39 Å². The molecule has 0 unspecified atom stereocenters. The monoisotopic (exact) mass is 404 g/mol. The van der Waals surface area contributed by atoms with Gasteiger partial charge in [0.15, 0.2) is 0 Å². The fourth-order valence-corrected chi connectivity index (χ4v) is 5.53. The molecule has 2 amide bonds. The van der Waals surface area contributed by atoms with Crippen LogP contribution in [0.3, 0.4) is 0 Å². The van der Waals surface area contributed by atoms with Crippen molar-refractivity contribution in [2.75, 3.05) is 23.4 Å². The summed E-state index contributed by atoms with van der Waals surface area (Å²) < 4.78 is 13.3. The first-order valence-electron chi connectivity index (χ1n) is 8.78. The summed E-state index contributed by atoms with van der Waals surface area (Å²) in [6.45, 7) is 0.388. The number of hydrogen-bond acceptors (Lipinski definition) is 4. The van der Waals surface area contributed by atoms with Crippen molar-refractivity contribution in [1.29, 1.82) is 0 Å². The van der Waals surface area contributed by atoms with Crippen LogP contribution < -0.4 is 10.6 Å². The van der Waals surface area contributed by atoms with E-state index in [-0.39, 0.29) is 17.6 Å². The quantitative estimate of drug-likeness (QED) is 0.670. The third-order valence-corrected chi connectivity index (χ3v) is 7.14. The third kappa shape index (κ3) is 6.01. The summed E-state index contributed by atoms with van der Waals surface area (Å²) in [7, 11) is 0. The van der Waals surface area contributed by atoms with E-state index in [2.05, 4.69) is 16.7 Å². The summed E-state index contributed by atoms with van der Waals surface area (Å²) in [6, 6.07) is 13.4. The van der Waals surface area contributed by atoms with Crippen LogP contribution in [0.4, 0.5) is 10.1 Å². The van der Waals surface area contributed by atoms with Crippen molar-refractivity contribution in [3.8, 4) is 0 Å². The first-order chi connectivity index (χ1) is 13.1. The molecule has 1 aliphatic rings. The highest BCUT2D eigenvalue weighted by Crippen LogP contribution is 2.45. The van der Waals surface area contributed by atoms with Crippen LogP contribution >= 0.6 is 23.5 Å². The Labute approximate surface area is 166 Å². The van der Waals surface area contributed by atoms with Gasteiger partial charge < -0.3 is 10.6 Å². The van der Waals surface area contributed by atoms with Gasteiger partial charge in [0.2, 0.25) is 5.91 Å². The van der Waals surface area contributed by atoms with Gasteiger partial charge in [0.05, 0.1) is 4.58 Å². The second-order valence-corrected chi connectivity index (χ2v) is 8.84. The maximum absolute atomic E-state index is 12.9. The lowest BCUT2D eigenvalue weighted by Gasteiger charge is -2.11. The SMILES string of the molecule is O=C(CCCNC(=O)c1ccc(F)cc1)Nc1cccc(C2SCCS2)c1. The van der Waals surface area contributed by atoms with E-state index in [1.54, 1.807) is 0 Å². The Kier molecular flexibility index (Phi) is 7.18. The van der Waals surface area contributed by atoms with Gasteiger partial charge in [-0.05, 0) is 48.4 Å². The van der Waals surface area contributed by atoms with Crippen LogP contribution in [-0.4, -0.2) is 29.9 Å². The highest BCUT2D eigenvalue weighted by molar-refractivity contribution is 8.19. The lowest BCUT2D eigenvalue weighted by atomic mass is 10.2. The predicted molar refractivity (Wildman–Crippen MR) is 111 cm³/mol. The number of thioether (sulfide) groups is 2. The molecule has 0 radical (unpaired) electrons. The molecule has 0 aliphatic carbocycles. The van der Waals surface area contributed by atoms with Gasteiger partial charge in [0.1, 0.15) is 5.82 Å². The summed E-state index contributed by atoms with van der Waals surface area (Å²) >= 11 is 3.86. The Morgan fingerprint density at radius 3 is 2.56 bits per heavy atom. The topological polar surface area (TPSA) is 58.2 Å². The molecule has 0 atom stereocenters. The Bertz CT molecular complexity index is 793. The van der Waals surface area contributed by atoms with Crippen molar-refractivity contribution in [2.45, 2.75) is 17.4 Å². The van der Waals surface area contributed by atoms with E-state index in [1.165, 1.54) is 29.8 Å². The van der Waals surface area contributed by atoms with Crippen molar-refractivity contribution >= 4 is 41.0 Å². The lowest BCUT2D eigenvalue weighted by Crippen LogP contribution is -2.25. The highest BCUT2D eigenvalue weighted by Gasteiger charge is 2.18. The molecule has 0 spiro atoms. The minimum Gasteiger partial charge on any atom is -0.352 e. The van der Waals surface area contributed by atoms with E-state index < -0.39 is 0 Å². The Hall–Kier alpha value is -1.99. The number of benzene rings is 2. The molecule has 3 rings (SSSR count). The van der Waals surface area contributed by atoms with E-state index in [0.717, 1.165) is 17.2 Å². The number of hydrogen-bond donors (Lipinski definition) is 2. The summed E-state index contributed by atoms with van der Waals surface area (Å²) in [5, 5.41) is 5.66. The molecule has 1 aliphatic heterocycles. The van der Waals surface area contributed by atoms with Crippen LogP contribution in [-0.2, 0) is 4.79 Å². The molecule has 27 heavy (non-hydrogen) atoms. The molecule has 4 nitrogen and oxygen atoms in total. The third-order valence-electron chi connectivity index (χ3n) is 4.04. The number of carbonyl (C=O) groups excluding carboxylic acids is 2. The van der Waals surface area contributed by atoms with Gasteiger partial charge in [-0.3, -0.25) is 9.59 Å². The van der Waals surface area contributed by atoms with Gasteiger partial charge >= 0.3 is 0 Å². The fraction of sp³-hybridized carbons (Fsp3) is 0.300. The van der Waals surface area contributed by atoms with Crippen molar-refractivity contribution in [3.63, 3.8) is 0 Å². The molecule has 0 saturated carbocycles. The Balaban J connectivity index is 1.40. The largest absolute Gasteiger partial charge is 0.352 e. The predicted octanol–water partition coefficient (Wildman–Crippen LogP) is 4.45. The van der Waals surface area contributed by atoms with Crippen molar-refractivity contribution in [1.82, 2.24) is 5.32 Å². The molecular weight excluding hydrogens is 383 g/mol. The maximum Gasteiger partial charge on any atom is 0.251 e. The van der Waals surface area contributed by atoms with Crippen molar-refractivity contribution in [2.24, 2.45) is 0 Å². The average molecular weight is 405 g/mol. The summed E-state index contributed by atoms with van der Waals surface area (Å²) in [5.74, 6) is 1.60. The zero-order valence-corrected chi connectivity index (χ0v) is 16.4. The zero-order chi connectivity index (χ0) is 19.1.